The molecule has 1 atom stereocenters. The Morgan fingerprint density at radius 2 is 2.05 bits per heavy atom. The Hall–Kier alpha value is -1.53. The lowest BCUT2D eigenvalue weighted by atomic mass is 10.2. The van der Waals surface area contributed by atoms with E-state index in [-0.39, 0.29) is 6.61 Å². The zero-order valence-electron chi connectivity index (χ0n) is 10.7. The number of amides is 1. The number of hydrogen-bond donors (Lipinski definition) is 2. The van der Waals surface area contributed by atoms with Crippen LogP contribution in [-0.2, 0) is 20.9 Å². The van der Waals surface area contributed by atoms with Crippen LogP contribution in [0.15, 0.2) is 30.3 Å². The van der Waals surface area contributed by atoms with Gasteiger partial charge in [0.15, 0.2) is 0 Å². The Labute approximate surface area is 116 Å². The van der Waals surface area contributed by atoms with Gasteiger partial charge in [-0.15, -0.1) is 0 Å². The average Bonchev–Trinajstić information content (AvgIpc) is 2.39. The second-order valence-corrected chi connectivity index (χ2v) is 4.80. The predicted molar refractivity (Wildman–Crippen MR) is 74.0 cm³/mol. The topological polar surface area (TPSA) is 75.6 Å². The highest BCUT2D eigenvalue weighted by Gasteiger charge is 2.18. The maximum atomic E-state index is 11.5. The van der Waals surface area contributed by atoms with Crippen molar-refractivity contribution in [2.24, 2.45) is 0 Å². The molecule has 0 aliphatic heterocycles. The zero-order valence-corrected chi connectivity index (χ0v) is 11.5. The minimum absolute atomic E-state index is 0.146. The van der Waals surface area contributed by atoms with Gasteiger partial charge in [-0.2, -0.15) is 11.8 Å². The van der Waals surface area contributed by atoms with E-state index in [9.17, 15) is 9.59 Å². The van der Waals surface area contributed by atoms with Gasteiger partial charge in [-0.1, -0.05) is 30.3 Å². The number of carbonyl (C=O) groups is 2. The Balaban J connectivity index is 2.29. The van der Waals surface area contributed by atoms with Gasteiger partial charge in [-0.3, -0.25) is 4.79 Å². The number of ether oxygens (including phenoxy) is 1. The van der Waals surface area contributed by atoms with Crippen LogP contribution in [0.25, 0.3) is 0 Å². The number of nitrogens with one attached hydrogen (secondary N) is 1. The summed E-state index contributed by atoms with van der Waals surface area (Å²) in [5.41, 5.74) is 0.967. The number of rotatable bonds is 8. The van der Waals surface area contributed by atoms with Gasteiger partial charge in [0, 0.05) is 5.75 Å². The van der Waals surface area contributed by atoms with E-state index in [1.54, 1.807) is 6.26 Å². The van der Waals surface area contributed by atoms with Gasteiger partial charge in [0.05, 0.1) is 6.61 Å². The van der Waals surface area contributed by atoms with E-state index in [1.807, 2.05) is 30.3 Å². The summed E-state index contributed by atoms with van der Waals surface area (Å²) in [5, 5.41) is 11.3. The number of carbonyl (C=O) groups excluding carboxylic acids is 1. The van der Waals surface area contributed by atoms with E-state index in [0.717, 1.165) is 5.56 Å². The van der Waals surface area contributed by atoms with Crippen LogP contribution in [0.2, 0.25) is 0 Å². The quantitative estimate of drug-likeness (QED) is 0.748. The molecular formula is C13H17NO4S. The molecule has 0 saturated heterocycles. The Morgan fingerprint density at radius 1 is 1.37 bits per heavy atom. The third kappa shape index (κ3) is 6.26. The molecule has 1 amide bonds. The summed E-state index contributed by atoms with van der Waals surface area (Å²) >= 11 is 1.36. The van der Waals surface area contributed by atoms with Crippen LogP contribution < -0.4 is 5.32 Å². The zero-order chi connectivity index (χ0) is 14.1. The third-order valence-corrected chi connectivity index (χ3v) is 2.98. The highest BCUT2D eigenvalue weighted by Crippen LogP contribution is 2.01. The molecule has 0 aromatic heterocycles. The van der Waals surface area contributed by atoms with Gasteiger partial charge in [-0.25, -0.2) is 4.79 Å². The van der Waals surface area contributed by atoms with E-state index < -0.39 is 17.9 Å². The van der Waals surface area contributed by atoms with E-state index in [1.165, 1.54) is 11.8 Å². The van der Waals surface area contributed by atoms with Crippen molar-refractivity contribution in [1.29, 1.82) is 0 Å². The minimum atomic E-state index is -1.04. The maximum Gasteiger partial charge on any atom is 0.327 e. The van der Waals surface area contributed by atoms with Crippen LogP contribution in [0.5, 0.6) is 0 Å². The molecule has 2 N–H and O–H groups in total. The van der Waals surface area contributed by atoms with E-state index in [4.69, 9.17) is 9.84 Å². The Morgan fingerprint density at radius 3 is 2.63 bits per heavy atom. The Bertz CT molecular complexity index is 410. The fourth-order valence-corrected chi connectivity index (χ4v) is 1.97. The molecule has 5 nitrogen and oxygen atoms in total. The van der Waals surface area contributed by atoms with Crippen LogP contribution in [-0.4, -0.2) is 41.6 Å². The van der Waals surface area contributed by atoms with Crippen LogP contribution >= 0.6 is 11.8 Å². The number of carboxylic acid groups (broad SMARTS) is 1. The van der Waals surface area contributed by atoms with Gasteiger partial charge in [0.25, 0.3) is 0 Å². The summed E-state index contributed by atoms with van der Waals surface area (Å²) < 4.78 is 5.23. The number of carboxylic acids is 1. The van der Waals surface area contributed by atoms with Gasteiger partial charge in [0.1, 0.15) is 12.6 Å². The molecule has 0 heterocycles. The van der Waals surface area contributed by atoms with Gasteiger partial charge in [-0.05, 0) is 11.8 Å². The maximum absolute atomic E-state index is 11.5. The lowest BCUT2D eigenvalue weighted by Crippen LogP contribution is -2.44. The van der Waals surface area contributed by atoms with Crippen molar-refractivity contribution in [1.82, 2.24) is 5.32 Å². The summed E-state index contributed by atoms with van der Waals surface area (Å²) in [6.07, 6.45) is 1.79. The van der Waals surface area contributed by atoms with Crippen molar-refractivity contribution < 1.29 is 19.4 Å². The van der Waals surface area contributed by atoms with E-state index in [0.29, 0.717) is 12.4 Å². The molecule has 0 unspecified atom stereocenters. The first-order valence-corrected chi connectivity index (χ1v) is 7.15. The smallest absolute Gasteiger partial charge is 0.327 e. The first kappa shape index (κ1) is 15.5. The molecule has 0 aliphatic rings. The summed E-state index contributed by atoms with van der Waals surface area (Å²) in [4.78, 5) is 22.4. The fourth-order valence-electron chi connectivity index (χ4n) is 1.41. The van der Waals surface area contributed by atoms with Crippen molar-refractivity contribution in [2.45, 2.75) is 12.6 Å². The highest BCUT2D eigenvalue weighted by molar-refractivity contribution is 7.98. The van der Waals surface area contributed by atoms with Crippen LogP contribution in [0.3, 0.4) is 0 Å². The molecule has 1 rings (SSSR count). The third-order valence-electron chi connectivity index (χ3n) is 2.31. The summed E-state index contributed by atoms with van der Waals surface area (Å²) in [6.45, 7) is 0.182. The van der Waals surface area contributed by atoms with Crippen molar-refractivity contribution >= 4 is 23.6 Å². The fraction of sp³-hybridized carbons (Fsp3) is 0.385. The molecule has 0 bridgehead atoms. The number of hydrogen-bond acceptors (Lipinski definition) is 4. The number of aliphatic carboxylic acids is 1. The molecule has 0 saturated carbocycles. The first-order valence-electron chi connectivity index (χ1n) is 5.76. The van der Waals surface area contributed by atoms with Crippen molar-refractivity contribution in [3.63, 3.8) is 0 Å². The SMILES string of the molecule is CSC[C@H](NC(=O)COCc1ccccc1)C(=O)O. The molecule has 1 aromatic carbocycles. The van der Waals surface area contributed by atoms with Crippen LogP contribution in [0.1, 0.15) is 5.56 Å². The molecular weight excluding hydrogens is 266 g/mol. The number of benzene rings is 1. The summed E-state index contributed by atoms with van der Waals surface area (Å²) in [5.74, 6) is -1.12. The minimum Gasteiger partial charge on any atom is -0.480 e. The second-order valence-electron chi connectivity index (χ2n) is 3.89. The molecule has 1 aromatic rings. The molecule has 0 radical (unpaired) electrons. The lowest BCUT2D eigenvalue weighted by molar-refractivity contribution is -0.141. The van der Waals surface area contributed by atoms with Crippen molar-refractivity contribution in [3.8, 4) is 0 Å². The van der Waals surface area contributed by atoms with E-state index >= 15 is 0 Å². The normalized spacial score (nSPS) is 11.8. The Kier molecular flexibility index (Phi) is 6.99. The van der Waals surface area contributed by atoms with Gasteiger partial charge in [0.2, 0.25) is 5.91 Å². The molecule has 104 valence electrons. The summed E-state index contributed by atoms with van der Waals surface area (Å²) in [6, 6.07) is 8.59. The second kappa shape index (κ2) is 8.55. The molecule has 0 spiro atoms. The standard InChI is InChI=1S/C13H17NO4S/c1-19-9-11(13(16)17)14-12(15)8-18-7-10-5-3-2-4-6-10/h2-6,11H,7-9H2,1H3,(H,14,15)(H,16,17)/t11-/m0/s1. The average molecular weight is 283 g/mol. The molecule has 0 aliphatic carbocycles. The monoisotopic (exact) mass is 283 g/mol. The molecule has 19 heavy (non-hydrogen) atoms. The number of thioether (sulfide) groups is 1. The van der Waals surface area contributed by atoms with Crippen LogP contribution in [0, 0.1) is 0 Å². The van der Waals surface area contributed by atoms with Crippen LogP contribution in [0.4, 0.5) is 0 Å². The predicted octanol–water partition coefficient (Wildman–Crippen LogP) is 1.14. The van der Waals surface area contributed by atoms with E-state index in [2.05, 4.69) is 5.32 Å². The summed E-state index contributed by atoms with van der Waals surface area (Å²) in [7, 11) is 0. The molecule has 0 fully saturated rings. The highest BCUT2D eigenvalue weighted by atomic mass is 32.2. The van der Waals surface area contributed by atoms with Gasteiger partial charge >= 0.3 is 5.97 Å². The van der Waals surface area contributed by atoms with Gasteiger partial charge < -0.3 is 15.2 Å². The lowest BCUT2D eigenvalue weighted by Gasteiger charge is -2.13. The largest absolute Gasteiger partial charge is 0.480 e. The van der Waals surface area contributed by atoms with Crippen molar-refractivity contribution in [3.05, 3.63) is 35.9 Å². The molecule has 6 heteroatoms. The van der Waals surface area contributed by atoms with Crippen molar-refractivity contribution in [2.75, 3.05) is 18.6 Å². The first-order chi connectivity index (χ1) is 9.13.